The summed E-state index contributed by atoms with van der Waals surface area (Å²) in [6, 6.07) is 14.1. The Kier molecular flexibility index (Phi) is 12.6. The standard InChI is InChI=1S/C43H52N6O10S/c1-8-27-24-43(27,40(53)47-60(55,56)30-16-17-30)46-38(51)35-22-29(25-49(35)39(52)34(19-20-44-37(50)9-2)48(6)41(54)59-42(3,4)5)58-36-23-32(26-13-11-10-12-14-26)45-33-21-28(57-7)15-18-31(33)36/h8-15,18,21,23,27,29-30,34-35H,1-2,16-17,19-20,22,24-25H2,3-7H3,(H,44,50)(H,46,51)(H,47,53)/t27-,29-,34+,35+,43-/m1/s1. The molecule has 3 aromatic rings. The van der Waals surface area contributed by atoms with Crippen LogP contribution in [-0.4, -0.2) is 115 Å². The zero-order valence-corrected chi connectivity index (χ0v) is 35.3. The number of sulfonamides is 1. The van der Waals surface area contributed by atoms with Gasteiger partial charge in [0.1, 0.15) is 40.8 Å². The Hall–Kier alpha value is -5.97. The predicted octanol–water partition coefficient (Wildman–Crippen LogP) is 3.86. The molecule has 2 aliphatic carbocycles. The van der Waals surface area contributed by atoms with Crippen molar-refractivity contribution in [1.82, 2.24) is 30.1 Å². The Morgan fingerprint density at radius 2 is 1.78 bits per heavy atom. The molecular weight excluding hydrogens is 793 g/mol. The molecule has 0 unspecified atom stereocenters. The number of benzene rings is 2. The lowest BCUT2D eigenvalue weighted by Crippen LogP contribution is -2.58. The van der Waals surface area contributed by atoms with E-state index < -0.39 is 80.2 Å². The number of fused-ring (bicyclic) bond motifs is 1. The maximum atomic E-state index is 14.9. The van der Waals surface area contributed by atoms with Gasteiger partial charge in [-0.1, -0.05) is 43.0 Å². The molecule has 2 aromatic carbocycles. The highest BCUT2D eigenvalue weighted by atomic mass is 32.2. The number of rotatable bonds is 16. The highest BCUT2D eigenvalue weighted by molar-refractivity contribution is 7.91. The summed E-state index contributed by atoms with van der Waals surface area (Å²) in [7, 11) is -1.01. The number of carbonyl (C=O) groups excluding carboxylic acids is 5. The van der Waals surface area contributed by atoms with Gasteiger partial charge in [0.05, 0.1) is 30.1 Å². The van der Waals surface area contributed by atoms with E-state index >= 15 is 0 Å². The predicted molar refractivity (Wildman–Crippen MR) is 223 cm³/mol. The van der Waals surface area contributed by atoms with Crippen molar-refractivity contribution in [2.45, 2.75) is 87.5 Å². The molecule has 5 amide bonds. The lowest BCUT2D eigenvalue weighted by Gasteiger charge is -2.34. The first-order chi connectivity index (χ1) is 28.4. The SMILES string of the molecule is C=CC(=O)NCC[C@@H](C(=O)N1C[C@H](Oc2cc(-c3ccccc3)nc3cc(OC)ccc23)C[C@H]1C(=O)N[C@]1(C(=O)NS(=O)(=O)C2CC2)C[C@H]1C=C)N(C)C(=O)OC(C)(C)C. The fourth-order valence-electron chi connectivity index (χ4n) is 7.27. The van der Waals surface area contributed by atoms with Crippen LogP contribution in [0.4, 0.5) is 4.79 Å². The second-order valence-corrected chi connectivity index (χ2v) is 18.3. The molecule has 0 bridgehead atoms. The van der Waals surface area contributed by atoms with Crippen molar-refractivity contribution in [1.29, 1.82) is 0 Å². The first kappa shape index (κ1) is 43.6. The van der Waals surface area contributed by atoms with Crippen LogP contribution >= 0.6 is 0 Å². The van der Waals surface area contributed by atoms with E-state index in [1.165, 1.54) is 18.0 Å². The summed E-state index contributed by atoms with van der Waals surface area (Å²) in [5.74, 6) is -2.34. The molecule has 17 heteroatoms. The molecule has 2 heterocycles. The molecule has 3 fully saturated rings. The zero-order valence-electron chi connectivity index (χ0n) is 34.4. The fraction of sp³-hybridized carbons (Fsp3) is 0.442. The van der Waals surface area contributed by atoms with Crippen molar-refractivity contribution in [3.05, 3.63) is 79.9 Å². The van der Waals surface area contributed by atoms with Gasteiger partial charge in [-0.05, 0) is 64.7 Å². The smallest absolute Gasteiger partial charge is 0.410 e. The third-order valence-electron chi connectivity index (χ3n) is 10.8. The number of amides is 5. The number of methoxy groups -OCH3 is 1. The van der Waals surface area contributed by atoms with E-state index in [4.69, 9.17) is 19.2 Å². The van der Waals surface area contributed by atoms with Crippen LogP contribution < -0.4 is 24.8 Å². The van der Waals surface area contributed by atoms with Crippen molar-refractivity contribution in [3.63, 3.8) is 0 Å². The second kappa shape index (κ2) is 17.3. The number of pyridine rings is 1. The van der Waals surface area contributed by atoms with Gasteiger partial charge in [-0.25, -0.2) is 18.2 Å². The summed E-state index contributed by atoms with van der Waals surface area (Å²) in [4.78, 5) is 75.9. The molecule has 5 atom stereocenters. The van der Waals surface area contributed by atoms with Crippen molar-refractivity contribution < 1.29 is 46.6 Å². The molecule has 1 aliphatic heterocycles. The summed E-state index contributed by atoms with van der Waals surface area (Å²) < 4.78 is 45.6. The van der Waals surface area contributed by atoms with Crippen molar-refractivity contribution in [2.75, 3.05) is 27.2 Å². The highest BCUT2D eigenvalue weighted by Gasteiger charge is 2.62. The van der Waals surface area contributed by atoms with Gasteiger partial charge in [0.25, 0.3) is 5.91 Å². The summed E-state index contributed by atoms with van der Waals surface area (Å²) in [6.45, 7) is 12.1. The second-order valence-electron chi connectivity index (χ2n) is 16.3. The van der Waals surface area contributed by atoms with E-state index in [0.29, 0.717) is 40.9 Å². The molecule has 0 radical (unpaired) electrons. The molecule has 16 nitrogen and oxygen atoms in total. The van der Waals surface area contributed by atoms with Crippen molar-refractivity contribution in [3.8, 4) is 22.8 Å². The average Bonchev–Trinajstić information content (AvgIpc) is 4.15. The summed E-state index contributed by atoms with van der Waals surface area (Å²) >= 11 is 0. The summed E-state index contributed by atoms with van der Waals surface area (Å²) in [5.41, 5.74) is -0.538. The van der Waals surface area contributed by atoms with E-state index in [1.54, 1.807) is 52.1 Å². The van der Waals surface area contributed by atoms with Gasteiger partial charge in [-0.2, -0.15) is 0 Å². The molecule has 2 saturated carbocycles. The molecule has 1 aromatic heterocycles. The monoisotopic (exact) mass is 844 g/mol. The quantitative estimate of drug-likeness (QED) is 0.140. The Morgan fingerprint density at radius 1 is 1.07 bits per heavy atom. The molecule has 6 rings (SSSR count). The molecule has 0 spiro atoms. The maximum Gasteiger partial charge on any atom is 0.410 e. The normalized spacial score (nSPS) is 21.6. The molecule has 60 heavy (non-hydrogen) atoms. The lowest BCUT2D eigenvalue weighted by molar-refractivity contribution is -0.143. The first-order valence-electron chi connectivity index (χ1n) is 19.8. The fourth-order valence-corrected chi connectivity index (χ4v) is 8.63. The Balaban J connectivity index is 1.36. The van der Waals surface area contributed by atoms with Crippen LogP contribution in [0.1, 0.15) is 52.9 Å². The summed E-state index contributed by atoms with van der Waals surface area (Å²) in [5, 5.41) is 5.38. The van der Waals surface area contributed by atoms with Gasteiger partial charge >= 0.3 is 6.09 Å². The molecule has 3 aliphatic rings. The van der Waals surface area contributed by atoms with Crippen molar-refractivity contribution in [2.24, 2.45) is 5.92 Å². The van der Waals surface area contributed by atoms with E-state index in [-0.39, 0.29) is 32.4 Å². The van der Waals surface area contributed by atoms with E-state index in [9.17, 15) is 32.4 Å². The number of hydrogen-bond donors (Lipinski definition) is 3. The zero-order chi connectivity index (χ0) is 43.6. The number of nitrogens with zero attached hydrogens (tertiary/aromatic N) is 3. The number of aromatic nitrogens is 1. The molecule has 320 valence electrons. The van der Waals surface area contributed by atoms with Crippen LogP contribution in [-0.2, 0) is 33.9 Å². The minimum atomic E-state index is -3.96. The van der Waals surface area contributed by atoms with E-state index in [2.05, 4.69) is 28.5 Å². The molecule has 1 saturated heterocycles. The van der Waals surface area contributed by atoms with Crippen LogP contribution in [0.3, 0.4) is 0 Å². The number of carbonyl (C=O) groups is 5. The largest absolute Gasteiger partial charge is 0.497 e. The third kappa shape index (κ3) is 9.73. The van der Waals surface area contributed by atoms with Gasteiger partial charge in [0.2, 0.25) is 27.7 Å². The number of hydrogen-bond acceptors (Lipinski definition) is 11. The summed E-state index contributed by atoms with van der Waals surface area (Å²) in [6.07, 6.45) is 1.78. The van der Waals surface area contributed by atoms with Crippen LogP contribution in [0.5, 0.6) is 11.5 Å². The Labute approximate surface area is 349 Å². The lowest BCUT2D eigenvalue weighted by atomic mass is 10.1. The van der Waals surface area contributed by atoms with Gasteiger partial charge in [-0.3, -0.25) is 28.8 Å². The van der Waals surface area contributed by atoms with Gasteiger partial charge < -0.3 is 29.7 Å². The van der Waals surface area contributed by atoms with Crippen LogP contribution in [0.15, 0.2) is 79.9 Å². The number of likely N-dealkylation sites (tertiary alicyclic amines) is 1. The van der Waals surface area contributed by atoms with Gasteiger partial charge in [0.15, 0.2) is 0 Å². The number of ether oxygens (including phenoxy) is 3. The Morgan fingerprint density at radius 3 is 2.40 bits per heavy atom. The first-order valence-corrected chi connectivity index (χ1v) is 21.3. The van der Waals surface area contributed by atoms with Gasteiger partial charge in [0, 0.05) is 49.0 Å². The third-order valence-corrected chi connectivity index (χ3v) is 12.6. The highest BCUT2D eigenvalue weighted by Crippen LogP contribution is 2.46. The maximum absolute atomic E-state index is 14.9. The topological polar surface area (TPSA) is 203 Å². The number of nitrogens with one attached hydrogen (secondary N) is 3. The van der Waals surface area contributed by atoms with Crippen molar-refractivity contribution >= 4 is 50.6 Å². The average molecular weight is 845 g/mol. The minimum Gasteiger partial charge on any atom is -0.497 e. The van der Waals surface area contributed by atoms with Crippen LogP contribution in [0.2, 0.25) is 0 Å². The van der Waals surface area contributed by atoms with Gasteiger partial charge in [-0.15, -0.1) is 6.58 Å². The Bertz CT molecular complexity index is 2290. The van der Waals surface area contributed by atoms with E-state index in [0.717, 1.165) is 16.5 Å². The van der Waals surface area contributed by atoms with E-state index in [1.807, 2.05) is 30.3 Å². The van der Waals surface area contributed by atoms with Crippen LogP contribution in [0, 0.1) is 5.92 Å². The minimum absolute atomic E-state index is 0.0342. The van der Waals surface area contributed by atoms with Crippen LogP contribution in [0.25, 0.3) is 22.2 Å². The number of likely N-dealkylation sites (N-methyl/N-ethyl adjacent to an activating group) is 1. The molecular formula is C43H52N6O10S. The molecule has 3 N–H and O–H groups in total.